The SMILES string of the molecule is COc1ccc(-c2nnc(C)c3cc(OC)c(OC)cc23)cc1OC. The molecule has 0 bridgehead atoms. The molecule has 1 heterocycles. The standard InChI is InChI=1S/C19H20N2O4/c1-11-13-9-17(24-4)18(25-5)10-14(13)19(21-20-11)12-6-7-15(22-2)16(8-12)23-3/h6-10H,1-5H3. The van der Waals surface area contributed by atoms with E-state index in [1.807, 2.05) is 37.3 Å². The van der Waals surface area contributed by atoms with Crippen LogP contribution in [0.4, 0.5) is 0 Å². The number of benzene rings is 2. The van der Waals surface area contributed by atoms with E-state index in [4.69, 9.17) is 18.9 Å². The van der Waals surface area contributed by atoms with Crippen LogP contribution in [0, 0.1) is 6.92 Å². The molecule has 6 heteroatoms. The number of nitrogens with zero attached hydrogens (tertiary/aromatic N) is 2. The van der Waals surface area contributed by atoms with E-state index in [9.17, 15) is 0 Å². The highest BCUT2D eigenvalue weighted by molar-refractivity contribution is 5.97. The molecule has 0 saturated carbocycles. The fourth-order valence-corrected chi connectivity index (χ4v) is 2.80. The molecule has 6 nitrogen and oxygen atoms in total. The first-order chi connectivity index (χ1) is 12.1. The van der Waals surface area contributed by atoms with Crippen LogP contribution in [-0.2, 0) is 0 Å². The molecule has 3 rings (SSSR count). The topological polar surface area (TPSA) is 62.7 Å². The average Bonchev–Trinajstić information content (AvgIpc) is 2.66. The minimum Gasteiger partial charge on any atom is -0.493 e. The third-order valence-electron chi connectivity index (χ3n) is 4.13. The third-order valence-corrected chi connectivity index (χ3v) is 4.13. The van der Waals surface area contributed by atoms with Crippen molar-refractivity contribution in [1.29, 1.82) is 0 Å². The molecule has 0 spiro atoms. The van der Waals surface area contributed by atoms with Gasteiger partial charge in [0.15, 0.2) is 23.0 Å². The minimum atomic E-state index is 0.635. The number of aromatic nitrogens is 2. The lowest BCUT2D eigenvalue weighted by Gasteiger charge is -2.14. The summed E-state index contributed by atoms with van der Waals surface area (Å²) in [5, 5.41) is 10.6. The Balaban J connectivity index is 2.28. The van der Waals surface area contributed by atoms with Crippen LogP contribution >= 0.6 is 0 Å². The molecule has 130 valence electrons. The van der Waals surface area contributed by atoms with Gasteiger partial charge >= 0.3 is 0 Å². The van der Waals surface area contributed by atoms with Crippen molar-refractivity contribution in [2.24, 2.45) is 0 Å². The van der Waals surface area contributed by atoms with Crippen molar-refractivity contribution in [3.63, 3.8) is 0 Å². The van der Waals surface area contributed by atoms with Crippen molar-refractivity contribution in [2.75, 3.05) is 28.4 Å². The van der Waals surface area contributed by atoms with E-state index in [1.165, 1.54) is 0 Å². The summed E-state index contributed by atoms with van der Waals surface area (Å²) in [6.45, 7) is 1.92. The zero-order chi connectivity index (χ0) is 18.0. The molecule has 2 aromatic carbocycles. The molecular formula is C19H20N2O4. The van der Waals surface area contributed by atoms with Gasteiger partial charge in [-0.05, 0) is 37.3 Å². The molecule has 0 saturated heterocycles. The molecule has 0 atom stereocenters. The number of fused-ring (bicyclic) bond motifs is 1. The van der Waals surface area contributed by atoms with Gasteiger partial charge in [0.1, 0.15) is 5.69 Å². The van der Waals surface area contributed by atoms with Crippen LogP contribution < -0.4 is 18.9 Å². The maximum absolute atomic E-state index is 5.44. The number of hydrogen-bond acceptors (Lipinski definition) is 6. The van der Waals surface area contributed by atoms with Gasteiger partial charge in [-0.25, -0.2) is 0 Å². The number of hydrogen-bond donors (Lipinski definition) is 0. The Morgan fingerprint density at radius 1 is 0.640 bits per heavy atom. The van der Waals surface area contributed by atoms with Crippen LogP contribution in [0.1, 0.15) is 5.69 Å². The second-order valence-corrected chi connectivity index (χ2v) is 5.46. The van der Waals surface area contributed by atoms with Gasteiger partial charge in [-0.2, -0.15) is 5.10 Å². The van der Waals surface area contributed by atoms with Crippen molar-refractivity contribution in [2.45, 2.75) is 6.92 Å². The smallest absolute Gasteiger partial charge is 0.161 e. The van der Waals surface area contributed by atoms with Crippen molar-refractivity contribution in [1.82, 2.24) is 10.2 Å². The Morgan fingerprint density at radius 2 is 1.20 bits per heavy atom. The van der Waals surface area contributed by atoms with Gasteiger partial charge in [-0.3, -0.25) is 0 Å². The van der Waals surface area contributed by atoms with Gasteiger partial charge in [-0.15, -0.1) is 5.10 Å². The Kier molecular flexibility index (Phi) is 4.61. The molecule has 0 radical (unpaired) electrons. The first-order valence-corrected chi connectivity index (χ1v) is 7.74. The van der Waals surface area contributed by atoms with Crippen LogP contribution in [0.3, 0.4) is 0 Å². The molecule has 0 aliphatic rings. The quantitative estimate of drug-likeness (QED) is 0.707. The summed E-state index contributed by atoms with van der Waals surface area (Å²) >= 11 is 0. The lowest BCUT2D eigenvalue weighted by atomic mass is 10.0. The number of rotatable bonds is 5. The van der Waals surface area contributed by atoms with Gasteiger partial charge in [0, 0.05) is 16.3 Å². The summed E-state index contributed by atoms with van der Waals surface area (Å²) < 4.78 is 21.5. The van der Waals surface area contributed by atoms with Crippen molar-refractivity contribution < 1.29 is 18.9 Å². The predicted molar refractivity (Wildman–Crippen MR) is 95.9 cm³/mol. The predicted octanol–water partition coefficient (Wildman–Crippen LogP) is 3.64. The zero-order valence-electron chi connectivity index (χ0n) is 14.9. The summed E-state index contributed by atoms with van der Waals surface area (Å²) in [5.74, 6) is 2.60. The molecule has 0 aliphatic heterocycles. The van der Waals surface area contributed by atoms with Gasteiger partial charge in [0.2, 0.25) is 0 Å². The normalized spacial score (nSPS) is 10.6. The second-order valence-electron chi connectivity index (χ2n) is 5.46. The molecular weight excluding hydrogens is 320 g/mol. The summed E-state index contributed by atoms with van der Waals surface area (Å²) in [7, 11) is 6.44. The van der Waals surface area contributed by atoms with E-state index in [0.29, 0.717) is 23.0 Å². The fourth-order valence-electron chi connectivity index (χ4n) is 2.80. The molecule has 0 fully saturated rings. The molecule has 25 heavy (non-hydrogen) atoms. The van der Waals surface area contributed by atoms with E-state index in [2.05, 4.69) is 10.2 Å². The molecule has 0 amide bonds. The van der Waals surface area contributed by atoms with Crippen molar-refractivity contribution in [3.05, 3.63) is 36.0 Å². The number of aryl methyl sites for hydroxylation is 1. The molecule has 1 aromatic heterocycles. The van der Waals surface area contributed by atoms with Crippen LogP contribution in [0.5, 0.6) is 23.0 Å². The highest BCUT2D eigenvalue weighted by Crippen LogP contribution is 2.38. The molecule has 3 aromatic rings. The maximum Gasteiger partial charge on any atom is 0.161 e. The van der Waals surface area contributed by atoms with Gasteiger partial charge in [0.25, 0.3) is 0 Å². The largest absolute Gasteiger partial charge is 0.493 e. The lowest BCUT2D eigenvalue weighted by Crippen LogP contribution is -1.98. The summed E-state index contributed by atoms with van der Waals surface area (Å²) in [5.41, 5.74) is 2.44. The number of ether oxygens (including phenoxy) is 4. The Hall–Kier alpha value is -3.02. The van der Waals surface area contributed by atoms with Crippen molar-refractivity contribution >= 4 is 10.8 Å². The Bertz CT molecular complexity index is 925. The zero-order valence-corrected chi connectivity index (χ0v) is 14.9. The van der Waals surface area contributed by atoms with Gasteiger partial charge in [-0.1, -0.05) is 0 Å². The van der Waals surface area contributed by atoms with Crippen LogP contribution in [-0.4, -0.2) is 38.6 Å². The second kappa shape index (κ2) is 6.84. The van der Waals surface area contributed by atoms with Crippen LogP contribution in [0.25, 0.3) is 22.0 Å². The van der Waals surface area contributed by atoms with E-state index in [0.717, 1.165) is 27.7 Å². The van der Waals surface area contributed by atoms with Crippen LogP contribution in [0.2, 0.25) is 0 Å². The highest BCUT2D eigenvalue weighted by atomic mass is 16.5. The van der Waals surface area contributed by atoms with Gasteiger partial charge < -0.3 is 18.9 Å². The lowest BCUT2D eigenvalue weighted by molar-refractivity contribution is 0.355. The van der Waals surface area contributed by atoms with E-state index in [1.54, 1.807) is 28.4 Å². The minimum absolute atomic E-state index is 0.635. The van der Waals surface area contributed by atoms with E-state index in [-0.39, 0.29) is 0 Å². The van der Waals surface area contributed by atoms with Crippen LogP contribution in [0.15, 0.2) is 30.3 Å². The molecule has 0 N–H and O–H groups in total. The van der Waals surface area contributed by atoms with Crippen molar-refractivity contribution in [3.8, 4) is 34.3 Å². The van der Waals surface area contributed by atoms with Gasteiger partial charge in [0.05, 0.1) is 34.1 Å². The summed E-state index contributed by atoms with van der Waals surface area (Å²) in [6.07, 6.45) is 0. The molecule has 0 unspecified atom stereocenters. The summed E-state index contributed by atoms with van der Waals surface area (Å²) in [6, 6.07) is 9.50. The first kappa shape index (κ1) is 16.8. The fraction of sp³-hybridized carbons (Fsp3) is 0.263. The third kappa shape index (κ3) is 2.91. The Labute approximate surface area is 146 Å². The first-order valence-electron chi connectivity index (χ1n) is 7.74. The average molecular weight is 340 g/mol. The Morgan fingerprint density at radius 3 is 1.80 bits per heavy atom. The molecule has 0 aliphatic carbocycles. The summed E-state index contributed by atoms with van der Waals surface area (Å²) in [4.78, 5) is 0. The van der Waals surface area contributed by atoms with E-state index < -0.39 is 0 Å². The highest BCUT2D eigenvalue weighted by Gasteiger charge is 2.15. The maximum atomic E-state index is 5.44. The van der Waals surface area contributed by atoms with E-state index >= 15 is 0 Å². The monoisotopic (exact) mass is 340 g/mol. The number of methoxy groups -OCH3 is 4.